The SMILES string of the molecule is CC(C)OCCS(=O)(=O)N(C)CCCBr. The van der Waals surface area contributed by atoms with Crippen LogP contribution >= 0.6 is 15.9 Å². The summed E-state index contributed by atoms with van der Waals surface area (Å²) in [7, 11) is -1.54. The van der Waals surface area contributed by atoms with E-state index in [0.29, 0.717) is 6.54 Å². The fraction of sp³-hybridized carbons (Fsp3) is 1.00. The molecule has 92 valence electrons. The van der Waals surface area contributed by atoms with Gasteiger partial charge < -0.3 is 4.74 Å². The predicted molar refractivity (Wildman–Crippen MR) is 65.9 cm³/mol. The molecule has 0 fully saturated rings. The predicted octanol–water partition coefficient (Wildman–Crippen LogP) is 1.46. The monoisotopic (exact) mass is 301 g/mol. The third kappa shape index (κ3) is 7.27. The van der Waals surface area contributed by atoms with E-state index in [0.717, 1.165) is 11.8 Å². The van der Waals surface area contributed by atoms with E-state index in [1.54, 1.807) is 7.05 Å². The molecule has 0 rings (SSSR count). The lowest BCUT2D eigenvalue weighted by atomic mass is 10.5. The minimum absolute atomic E-state index is 0.0595. The summed E-state index contributed by atoms with van der Waals surface area (Å²) in [6.45, 7) is 4.59. The van der Waals surface area contributed by atoms with Gasteiger partial charge in [0.2, 0.25) is 10.0 Å². The van der Waals surface area contributed by atoms with Crippen LogP contribution in [0.1, 0.15) is 20.3 Å². The molecule has 0 saturated heterocycles. The Morgan fingerprint density at radius 3 is 2.47 bits per heavy atom. The van der Waals surface area contributed by atoms with Crippen molar-refractivity contribution >= 4 is 26.0 Å². The molecule has 0 radical (unpaired) electrons. The maximum Gasteiger partial charge on any atom is 0.216 e. The van der Waals surface area contributed by atoms with Crippen molar-refractivity contribution in [3.8, 4) is 0 Å². The molecule has 6 heteroatoms. The van der Waals surface area contributed by atoms with Crippen molar-refractivity contribution in [3.05, 3.63) is 0 Å². The second kappa shape index (κ2) is 7.60. The quantitative estimate of drug-likeness (QED) is 0.638. The van der Waals surface area contributed by atoms with Crippen LogP contribution < -0.4 is 0 Å². The number of hydrogen-bond donors (Lipinski definition) is 0. The van der Waals surface area contributed by atoms with E-state index in [9.17, 15) is 8.42 Å². The van der Waals surface area contributed by atoms with Crippen molar-refractivity contribution in [1.82, 2.24) is 4.31 Å². The van der Waals surface area contributed by atoms with Crippen molar-refractivity contribution in [1.29, 1.82) is 0 Å². The van der Waals surface area contributed by atoms with E-state index in [1.165, 1.54) is 4.31 Å². The molecule has 0 aliphatic carbocycles. The first-order valence-electron chi connectivity index (χ1n) is 5.01. The molecule has 0 amide bonds. The molecule has 0 bridgehead atoms. The highest BCUT2D eigenvalue weighted by Crippen LogP contribution is 2.01. The first-order valence-corrected chi connectivity index (χ1v) is 7.74. The van der Waals surface area contributed by atoms with Gasteiger partial charge in [0.15, 0.2) is 0 Å². The third-order valence-corrected chi connectivity index (χ3v) is 4.25. The molecule has 0 atom stereocenters. The normalized spacial score (nSPS) is 12.7. The van der Waals surface area contributed by atoms with E-state index in [2.05, 4.69) is 15.9 Å². The van der Waals surface area contributed by atoms with Gasteiger partial charge in [-0.2, -0.15) is 0 Å². The summed E-state index contributed by atoms with van der Waals surface area (Å²) in [5, 5.41) is 0.815. The standard InChI is InChI=1S/C9H20BrNO3S/c1-9(2)14-7-8-15(12,13)11(3)6-4-5-10/h9H,4-8H2,1-3H3. The van der Waals surface area contributed by atoms with Crippen LogP contribution in [0, 0.1) is 0 Å². The molecule has 0 N–H and O–H groups in total. The summed E-state index contributed by atoms with van der Waals surface area (Å²) in [6.07, 6.45) is 0.897. The number of halogens is 1. The van der Waals surface area contributed by atoms with Gasteiger partial charge in [-0.25, -0.2) is 12.7 Å². The second-order valence-electron chi connectivity index (χ2n) is 3.60. The molecular weight excluding hydrogens is 282 g/mol. The molecule has 0 aromatic rings. The molecule has 15 heavy (non-hydrogen) atoms. The number of sulfonamides is 1. The highest BCUT2D eigenvalue weighted by molar-refractivity contribution is 9.09. The van der Waals surface area contributed by atoms with Crippen LogP contribution in [-0.2, 0) is 14.8 Å². The molecule has 0 aliphatic heterocycles. The first-order chi connectivity index (χ1) is 6.90. The van der Waals surface area contributed by atoms with Gasteiger partial charge >= 0.3 is 0 Å². The Labute approximate surface area is 101 Å². The summed E-state index contributed by atoms with van der Waals surface area (Å²) in [4.78, 5) is 0. The van der Waals surface area contributed by atoms with Gasteiger partial charge in [-0.3, -0.25) is 0 Å². The second-order valence-corrected chi connectivity index (χ2v) is 6.59. The summed E-state index contributed by atoms with van der Waals surface area (Å²) in [5.74, 6) is 0.0595. The van der Waals surface area contributed by atoms with Gasteiger partial charge in [0.05, 0.1) is 18.5 Å². The summed E-state index contributed by atoms with van der Waals surface area (Å²) in [5.41, 5.74) is 0. The summed E-state index contributed by atoms with van der Waals surface area (Å²) < 4.78 is 29.9. The van der Waals surface area contributed by atoms with Crippen molar-refractivity contribution in [2.24, 2.45) is 0 Å². The number of hydrogen-bond acceptors (Lipinski definition) is 3. The van der Waals surface area contributed by atoms with E-state index in [1.807, 2.05) is 13.8 Å². The average Bonchev–Trinajstić information content (AvgIpc) is 2.13. The molecule has 0 aromatic heterocycles. The van der Waals surface area contributed by atoms with Gasteiger partial charge in [-0.15, -0.1) is 0 Å². The molecule has 0 spiro atoms. The van der Waals surface area contributed by atoms with E-state index in [-0.39, 0.29) is 18.5 Å². The van der Waals surface area contributed by atoms with E-state index in [4.69, 9.17) is 4.74 Å². The van der Waals surface area contributed by atoms with Crippen LogP contribution in [0.15, 0.2) is 0 Å². The zero-order chi connectivity index (χ0) is 11.9. The van der Waals surface area contributed by atoms with Crippen molar-refractivity contribution in [2.75, 3.05) is 31.3 Å². The maximum atomic E-state index is 11.6. The average molecular weight is 302 g/mol. The van der Waals surface area contributed by atoms with E-state index >= 15 is 0 Å². The van der Waals surface area contributed by atoms with Crippen molar-refractivity contribution < 1.29 is 13.2 Å². The summed E-state index contributed by atoms with van der Waals surface area (Å²) in [6, 6.07) is 0. The lowest BCUT2D eigenvalue weighted by molar-refractivity contribution is 0.0908. The smallest absolute Gasteiger partial charge is 0.216 e. The van der Waals surface area contributed by atoms with Gasteiger partial charge in [0.25, 0.3) is 0 Å². The van der Waals surface area contributed by atoms with Crippen LogP contribution in [0.2, 0.25) is 0 Å². The maximum absolute atomic E-state index is 11.6. The molecule has 4 nitrogen and oxygen atoms in total. The van der Waals surface area contributed by atoms with Gasteiger partial charge in [-0.05, 0) is 20.3 Å². The lowest BCUT2D eigenvalue weighted by Crippen LogP contribution is -2.32. The molecular formula is C9H20BrNO3S. The van der Waals surface area contributed by atoms with Crippen LogP contribution in [0.5, 0.6) is 0 Å². The molecule has 0 heterocycles. The van der Waals surface area contributed by atoms with Gasteiger partial charge in [0, 0.05) is 18.9 Å². The van der Waals surface area contributed by atoms with Gasteiger partial charge in [-0.1, -0.05) is 15.9 Å². The number of alkyl halides is 1. The topological polar surface area (TPSA) is 46.6 Å². The Balaban J connectivity index is 3.95. The third-order valence-electron chi connectivity index (χ3n) is 1.87. The van der Waals surface area contributed by atoms with Crippen molar-refractivity contribution in [2.45, 2.75) is 26.4 Å². The molecule has 0 aromatic carbocycles. The van der Waals surface area contributed by atoms with E-state index < -0.39 is 10.0 Å². The zero-order valence-corrected chi connectivity index (χ0v) is 12.0. The zero-order valence-electron chi connectivity index (χ0n) is 9.57. The Bertz CT molecular complexity index is 254. The largest absolute Gasteiger partial charge is 0.378 e. The van der Waals surface area contributed by atoms with Gasteiger partial charge in [0.1, 0.15) is 0 Å². The highest BCUT2D eigenvalue weighted by atomic mass is 79.9. The van der Waals surface area contributed by atoms with Crippen LogP contribution in [0.4, 0.5) is 0 Å². The molecule has 0 aliphatic rings. The number of rotatable bonds is 8. The molecule has 0 unspecified atom stereocenters. The fourth-order valence-corrected chi connectivity index (χ4v) is 2.24. The van der Waals surface area contributed by atoms with Crippen LogP contribution in [0.3, 0.4) is 0 Å². The molecule has 0 saturated carbocycles. The Morgan fingerprint density at radius 1 is 1.40 bits per heavy atom. The minimum Gasteiger partial charge on any atom is -0.378 e. The minimum atomic E-state index is -3.14. The number of nitrogens with zero attached hydrogens (tertiary/aromatic N) is 1. The Hall–Kier alpha value is 0.350. The summed E-state index contributed by atoms with van der Waals surface area (Å²) >= 11 is 3.27. The Morgan fingerprint density at radius 2 is 2.00 bits per heavy atom. The number of ether oxygens (including phenoxy) is 1. The lowest BCUT2D eigenvalue weighted by Gasteiger charge is -2.17. The van der Waals surface area contributed by atoms with Crippen LogP contribution in [0.25, 0.3) is 0 Å². The highest BCUT2D eigenvalue weighted by Gasteiger charge is 2.16. The Kier molecular flexibility index (Phi) is 7.77. The first kappa shape index (κ1) is 15.3. The van der Waals surface area contributed by atoms with Crippen molar-refractivity contribution in [3.63, 3.8) is 0 Å². The van der Waals surface area contributed by atoms with Crippen LogP contribution in [-0.4, -0.2) is 50.1 Å². The fourth-order valence-electron chi connectivity index (χ4n) is 0.966.